The average molecular weight is 238 g/mol. The molecule has 0 bridgehead atoms. The predicted molar refractivity (Wildman–Crippen MR) is 54.7 cm³/mol. The molecule has 8 heteroatoms. The highest BCUT2D eigenvalue weighted by Gasteiger charge is 2.19. The Hall–Kier alpha value is -2.51. The van der Waals surface area contributed by atoms with Gasteiger partial charge in [0, 0.05) is 0 Å². The molecule has 0 radical (unpaired) electrons. The van der Waals surface area contributed by atoms with Crippen LogP contribution in [0.2, 0.25) is 0 Å². The Morgan fingerprint density at radius 2 is 2.35 bits per heavy atom. The number of aromatic nitrogens is 2. The number of nitro benzene ring substituents is 1. The second-order valence-electron chi connectivity index (χ2n) is 3.09. The van der Waals surface area contributed by atoms with Gasteiger partial charge in [0.2, 0.25) is 12.2 Å². The van der Waals surface area contributed by atoms with Crippen LogP contribution in [0.4, 0.5) is 15.8 Å². The van der Waals surface area contributed by atoms with E-state index in [-0.39, 0.29) is 12.2 Å². The molecule has 0 unspecified atom stereocenters. The van der Waals surface area contributed by atoms with Crippen LogP contribution in [-0.4, -0.2) is 15.1 Å². The van der Waals surface area contributed by atoms with Crippen LogP contribution in [-0.2, 0) is 6.54 Å². The van der Waals surface area contributed by atoms with Crippen molar-refractivity contribution >= 4 is 11.4 Å². The van der Waals surface area contributed by atoms with E-state index >= 15 is 0 Å². The summed E-state index contributed by atoms with van der Waals surface area (Å²) in [5.41, 5.74) is -0.532. The van der Waals surface area contributed by atoms with Gasteiger partial charge in [-0.2, -0.15) is 9.37 Å². The Morgan fingerprint density at radius 3 is 3.00 bits per heavy atom. The second-order valence-corrected chi connectivity index (χ2v) is 3.09. The predicted octanol–water partition coefficient (Wildman–Crippen LogP) is 1.73. The fourth-order valence-electron chi connectivity index (χ4n) is 1.29. The maximum atomic E-state index is 13.2. The van der Waals surface area contributed by atoms with Gasteiger partial charge in [0.1, 0.15) is 5.69 Å². The maximum Gasteiger partial charge on any atom is 0.327 e. The highest BCUT2D eigenvalue weighted by Crippen LogP contribution is 2.27. The lowest BCUT2D eigenvalue weighted by Gasteiger charge is -2.04. The first-order valence-electron chi connectivity index (χ1n) is 4.60. The van der Waals surface area contributed by atoms with E-state index in [4.69, 9.17) is 0 Å². The number of hydrogen-bond donors (Lipinski definition) is 1. The molecular formula is C9H7FN4O3. The molecule has 1 N–H and O–H groups in total. The van der Waals surface area contributed by atoms with Crippen molar-refractivity contribution in [2.24, 2.45) is 0 Å². The lowest BCUT2D eigenvalue weighted by atomic mass is 10.2. The summed E-state index contributed by atoms with van der Waals surface area (Å²) in [5, 5.41) is 16.9. The Morgan fingerprint density at radius 1 is 1.53 bits per heavy atom. The molecule has 0 atom stereocenters. The molecule has 0 saturated carbocycles. The van der Waals surface area contributed by atoms with Gasteiger partial charge in [-0.25, -0.2) is 0 Å². The first-order chi connectivity index (χ1) is 8.18. The molecule has 2 rings (SSSR count). The maximum absolute atomic E-state index is 13.2. The van der Waals surface area contributed by atoms with Crippen LogP contribution in [0.3, 0.4) is 0 Å². The molecule has 1 aromatic carbocycles. The molecule has 7 nitrogen and oxygen atoms in total. The summed E-state index contributed by atoms with van der Waals surface area (Å²) in [6, 6.07) is 3.81. The highest BCUT2D eigenvalue weighted by atomic mass is 19.1. The first kappa shape index (κ1) is 11.0. The second kappa shape index (κ2) is 4.56. The fraction of sp³-hybridized carbons (Fsp3) is 0.111. The van der Waals surface area contributed by atoms with E-state index < -0.39 is 16.4 Å². The largest absolute Gasteiger partial charge is 0.372 e. The topological polar surface area (TPSA) is 94.1 Å². The van der Waals surface area contributed by atoms with Gasteiger partial charge in [-0.3, -0.25) is 10.1 Å². The summed E-state index contributed by atoms with van der Waals surface area (Å²) in [6.07, 6.45) is 1.14. The fourth-order valence-corrected chi connectivity index (χ4v) is 1.29. The van der Waals surface area contributed by atoms with Crippen LogP contribution in [0.1, 0.15) is 5.82 Å². The van der Waals surface area contributed by atoms with Gasteiger partial charge in [0.15, 0.2) is 5.82 Å². The monoisotopic (exact) mass is 238 g/mol. The zero-order valence-electron chi connectivity index (χ0n) is 8.46. The van der Waals surface area contributed by atoms with Crippen LogP contribution < -0.4 is 5.32 Å². The number of para-hydroxylation sites is 1. The number of nitrogens with one attached hydrogen (secondary N) is 1. The molecule has 0 aliphatic heterocycles. The number of anilines is 1. The van der Waals surface area contributed by atoms with Gasteiger partial charge in [-0.15, -0.1) is 0 Å². The molecular weight excluding hydrogens is 231 g/mol. The summed E-state index contributed by atoms with van der Waals surface area (Å²) in [7, 11) is 0. The van der Waals surface area contributed by atoms with Crippen molar-refractivity contribution < 1.29 is 13.8 Å². The summed E-state index contributed by atoms with van der Waals surface area (Å²) in [6.45, 7) is 0.112. The van der Waals surface area contributed by atoms with Crippen LogP contribution in [0.15, 0.2) is 29.1 Å². The molecule has 0 saturated heterocycles. The summed E-state index contributed by atoms with van der Waals surface area (Å²) in [5.74, 6) is -0.573. The smallest absolute Gasteiger partial charge is 0.327 e. The minimum absolute atomic E-state index is 0.0693. The summed E-state index contributed by atoms with van der Waals surface area (Å²) >= 11 is 0. The van der Waals surface area contributed by atoms with Gasteiger partial charge in [0.25, 0.3) is 0 Å². The van der Waals surface area contributed by atoms with Crippen molar-refractivity contribution in [3.8, 4) is 0 Å². The normalized spacial score (nSPS) is 10.2. The molecule has 0 amide bonds. The van der Waals surface area contributed by atoms with Crippen LogP contribution in [0, 0.1) is 15.9 Å². The Balaban J connectivity index is 2.21. The highest BCUT2D eigenvalue weighted by molar-refractivity contribution is 5.61. The van der Waals surface area contributed by atoms with Gasteiger partial charge in [-0.1, -0.05) is 11.2 Å². The number of benzene rings is 1. The SMILES string of the molecule is O=[N+]([O-])c1c(F)cccc1NCc1ncon1. The molecule has 0 aliphatic rings. The molecule has 88 valence electrons. The standard InChI is InChI=1S/C9H7FN4O3/c10-6-2-1-3-7(9(6)14(15)16)11-4-8-12-5-17-13-8/h1-3,5,11H,4H2. The van der Waals surface area contributed by atoms with Crippen molar-refractivity contribution in [3.63, 3.8) is 0 Å². The zero-order chi connectivity index (χ0) is 12.3. The minimum atomic E-state index is -0.895. The van der Waals surface area contributed by atoms with E-state index in [0.717, 1.165) is 12.5 Å². The molecule has 1 aromatic heterocycles. The van der Waals surface area contributed by atoms with Gasteiger partial charge in [-0.05, 0) is 12.1 Å². The molecule has 0 spiro atoms. The van der Waals surface area contributed by atoms with E-state index in [2.05, 4.69) is 20.0 Å². The third kappa shape index (κ3) is 2.36. The average Bonchev–Trinajstić information content (AvgIpc) is 2.78. The molecule has 0 aliphatic carbocycles. The van der Waals surface area contributed by atoms with Gasteiger partial charge in [0.05, 0.1) is 11.5 Å². The quantitative estimate of drug-likeness (QED) is 0.643. The number of halogens is 1. The van der Waals surface area contributed by atoms with Crippen molar-refractivity contribution in [2.75, 3.05) is 5.32 Å². The lowest BCUT2D eigenvalue weighted by molar-refractivity contribution is -0.386. The van der Waals surface area contributed by atoms with Crippen LogP contribution in [0.25, 0.3) is 0 Å². The molecule has 2 aromatic rings. The van der Waals surface area contributed by atoms with Crippen molar-refractivity contribution in [1.29, 1.82) is 0 Å². The van der Waals surface area contributed by atoms with Crippen LogP contribution in [0.5, 0.6) is 0 Å². The number of nitro groups is 1. The van der Waals surface area contributed by atoms with Crippen molar-refractivity contribution in [3.05, 3.63) is 46.3 Å². The Labute approximate surface area is 94.4 Å². The Bertz CT molecular complexity index is 529. The molecule has 17 heavy (non-hydrogen) atoms. The van der Waals surface area contributed by atoms with E-state index in [0.29, 0.717) is 5.82 Å². The number of nitrogens with zero attached hydrogens (tertiary/aromatic N) is 3. The van der Waals surface area contributed by atoms with E-state index in [1.54, 1.807) is 0 Å². The van der Waals surface area contributed by atoms with E-state index in [1.165, 1.54) is 12.1 Å². The number of rotatable bonds is 4. The minimum Gasteiger partial charge on any atom is -0.372 e. The third-order valence-electron chi connectivity index (χ3n) is 2.01. The summed E-state index contributed by atoms with van der Waals surface area (Å²) in [4.78, 5) is 13.6. The molecule has 0 fully saturated rings. The first-order valence-corrected chi connectivity index (χ1v) is 4.60. The third-order valence-corrected chi connectivity index (χ3v) is 2.01. The summed E-state index contributed by atoms with van der Waals surface area (Å²) < 4.78 is 17.7. The van der Waals surface area contributed by atoms with E-state index in [1.807, 2.05) is 0 Å². The molecule has 1 heterocycles. The van der Waals surface area contributed by atoms with Crippen LogP contribution >= 0.6 is 0 Å². The Kier molecular flexibility index (Phi) is 2.95. The van der Waals surface area contributed by atoms with Crippen molar-refractivity contribution in [1.82, 2.24) is 10.1 Å². The van der Waals surface area contributed by atoms with Gasteiger partial charge < -0.3 is 9.84 Å². The lowest BCUT2D eigenvalue weighted by Crippen LogP contribution is -2.05. The number of hydrogen-bond acceptors (Lipinski definition) is 6. The van der Waals surface area contributed by atoms with E-state index in [9.17, 15) is 14.5 Å². The van der Waals surface area contributed by atoms with Gasteiger partial charge >= 0.3 is 5.69 Å². The zero-order valence-corrected chi connectivity index (χ0v) is 8.46. The van der Waals surface area contributed by atoms with Crippen molar-refractivity contribution in [2.45, 2.75) is 6.54 Å².